The Labute approximate surface area is 119 Å². The largest absolute Gasteiger partial charge is 0.279 e. The third-order valence-corrected chi connectivity index (χ3v) is 6.20. The molecule has 0 fully saturated rings. The van der Waals surface area contributed by atoms with Crippen molar-refractivity contribution in [2.75, 3.05) is 18.8 Å². The topological polar surface area (TPSA) is 49.4 Å². The molecule has 6 heteroatoms. The Hall–Kier alpha value is -0.560. The molecule has 1 heterocycles. The lowest BCUT2D eigenvalue weighted by molar-refractivity contribution is 0.423. The van der Waals surface area contributed by atoms with Crippen molar-refractivity contribution in [2.45, 2.75) is 31.2 Å². The number of rotatable bonds is 5. The van der Waals surface area contributed by atoms with Gasteiger partial charge in [0.1, 0.15) is 0 Å². The van der Waals surface area contributed by atoms with Gasteiger partial charge in [0.15, 0.2) is 0 Å². The summed E-state index contributed by atoms with van der Waals surface area (Å²) in [6.07, 6.45) is 0.835. The van der Waals surface area contributed by atoms with Crippen molar-refractivity contribution in [3.05, 3.63) is 29.8 Å². The normalized spacial score (nSPS) is 19.4. The Kier molecular flexibility index (Phi) is 4.89. The molecule has 19 heavy (non-hydrogen) atoms. The second-order valence-electron chi connectivity index (χ2n) is 4.43. The van der Waals surface area contributed by atoms with Gasteiger partial charge in [-0.25, -0.2) is 0 Å². The Morgan fingerprint density at radius 3 is 2.68 bits per heavy atom. The van der Waals surface area contributed by atoms with Gasteiger partial charge in [-0.05, 0) is 23.8 Å². The quantitative estimate of drug-likeness (QED) is 0.908. The highest BCUT2D eigenvalue weighted by Crippen LogP contribution is 2.36. The molecule has 106 valence electrons. The van der Waals surface area contributed by atoms with Crippen molar-refractivity contribution in [3.8, 4) is 0 Å². The predicted octanol–water partition coefficient (Wildman–Crippen LogP) is 2.40. The summed E-state index contributed by atoms with van der Waals surface area (Å²) in [4.78, 5) is 1.18. The Morgan fingerprint density at radius 1 is 1.32 bits per heavy atom. The average molecular weight is 300 g/mol. The van der Waals surface area contributed by atoms with Crippen molar-refractivity contribution in [1.82, 2.24) is 9.03 Å². The smallest absolute Gasteiger partial charge is 0.195 e. The van der Waals surface area contributed by atoms with Gasteiger partial charge in [-0.3, -0.25) is 0 Å². The van der Waals surface area contributed by atoms with Crippen molar-refractivity contribution in [1.29, 1.82) is 0 Å². The van der Waals surface area contributed by atoms with Gasteiger partial charge in [0.25, 0.3) is 10.2 Å². The van der Waals surface area contributed by atoms with E-state index in [0.717, 1.165) is 17.7 Å². The molecule has 0 aromatic heterocycles. The molecule has 0 amide bonds. The molecular formula is C13H20N2O2S2. The van der Waals surface area contributed by atoms with E-state index in [1.807, 2.05) is 32.0 Å². The van der Waals surface area contributed by atoms with Gasteiger partial charge in [0.05, 0.1) is 0 Å². The Bertz CT molecular complexity index is 527. The predicted molar refractivity (Wildman–Crippen MR) is 79.5 cm³/mol. The van der Waals surface area contributed by atoms with Gasteiger partial charge in [-0.2, -0.15) is 17.4 Å². The van der Waals surface area contributed by atoms with E-state index in [1.165, 1.54) is 9.20 Å². The first-order valence-electron chi connectivity index (χ1n) is 6.57. The molecular weight excluding hydrogens is 280 g/mol. The standard InChI is InChI=1S/C13H20N2O2S2/c1-3-15(4-2)19(16,17)14-12-9-10-18-13-8-6-5-7-11(12)13/h5-8,12,14H,3-4,9-10H2,1-2H3/t12-/m0/s1. The van der Waals surface area contributed by atoms with Gasteiger partial charge in [-0.1, -0.05) is 32.0 Å². The van der Waals surface area contributed by atoms with Gasteiger partial charge in [0, 0.05) is 24.0 Å². The molecule has 1 N–H and O–H groups in total. The van der Waals surface area contributed by atoms with Crippen LogP contribution in [0.25, 0.3) is 0 Å². The number of benzene rings is 1. The average Bonchev–Trinajstić information content (AvgIpc) is 2.40. The Balaban J connectivity index is 2.21. The first-order chi connectivity index (χ1) is 9.08. The van der Waals surface area contributed by atoms with Crippen LogP contribution in [-0.2, 0) is 10.2 Å². The molecule has 0 radical (unpaired) electrons. The second kappa shape index (κ2) is 6.26. The summed E-state index contributed by atoms with van der Waals surface area (Å²) in [7, 11) is -3.39. The summed E-state index contributed by atoms with van der Waals surface area (Å²) >= 11 is 1.79. The molecule has 0 spiro atoms. The van der Waals surface area contributed by atoms with Crippen LogP contribution in [-0.4, -0.2) is 31.6 Å². The summed E-state index contributed by atoms with van der Waals surface area (Å²) in [6, 6.07) is 7.91. The zero-order chi connectivity index (χ0) is 13.9. The minimum absolute atomic E-state index is 0.108. The highest BCUT2D eigenvalue weighted by atomic mass is 32.2. The van der Waals surface area contributed by atoms with Crippen LogP contribution < -0.4 is 4.72 Å². The monoisotopic (exact) mass is 300 g/mol. The summed E-state index contributed by atoms with van der Waals surface area (Å²) in [5.41, 5.74) is 1.09. The third kappa shape index (κ3) is 3.31. The van der Waals surface area contributed by atoms with Crippen LogP contribution in [0.1, 0.15) is 31.9 Å². The molecule has 0 saturated carbocycles. The van der Waals surface area contributed by atoms with Crippen LogP contribution >= 0.6 is 11.8 Å². The maximum absolute atomic E-state index is 12.3. The lowest BCUT2D eigenvalue weighted by Crippen LogP contribution is -2.42. The van der Waals surface area contributed by atoms with E-state index >= 15 is 0 Å². The first-order valence-corrected chi connectivity index (χ1v) is 9.00. The minimum Gasteiger partial charge on any atom is -0.195 e. The molecule has 1 aromatic carbocycles. The fourth-order valence-electron chi connectivity index (χ4n) is 2.28. The minimum atomic E-state index is -3.39. The van der Waals surface area contributed by atoms with E-state index < -0.39 is 10.2 Å². The molecule has 1 aromatic rings. The first kappa shape index (κ1) is 14.8. The highest BCUT2D eigenvalue weighted by Gasteiger charge is 2.27. The van der Waals surface area contributed by atoms with Gasteiger partial charge in [0.2, 0.25) is 0 Å². The zero-order valence-corrected chi connectivity index (χ0v) is 12.9. The van der Waals surface area contributed by atoms with E-state index in [0.29, 0.717) is 13.1 Å². The molecule has 1 aliphatic heterocycles. The maximum atomic E-state index is 12.3. The number of hydrogen-bond donors (Lipinski definition) is 1. The number of nitrogens with one attached hydrogen (secondary N) is 1. The fourth-order valence-corrected chi connectivity index (χ4v) is 4.84. The van der Waals surface area contributed by atoms with Crippen LogP contribution in [0.2, 0.25) is 0 Å². The fraction of sp³-hybridized carbons (Fsp3) is 0.538. The molecule has 1 atom stereocenters. The van der Waals surface area contributed by atoms with Crippen LogP contribution in [0.4, 0.5) is 0 Å². The molecule has 0 aliphatic carbocycles. The summed E-state index contributed by atoms with van der Waals surface area (Å²) < 4.78 is 28.9. The zero-order valence-electron chi connectivity index (χ0n) is 11.3. The van der Waals surface area contributed by atoms with Gasteiger partial charge in [-0.15, -0.1) is 11.8 Å². The number of hydrogen-bond acceptors (Lipinski definition) is 3. The molecule has 0 saturated heterocycles. The van der Waals surface area contributed by atoms with Crippen molar-refractivity contribution >= 4 is 22.0 Å². The molecule has 1 aliphatic rings. The third-order valence-electron chi connectivity index (χ3n) is 3.30. The number of fused-ring (bicyclic) bond motifs is 1. The molecule has 0 bridgehead atoms. The van der Waals surface area contributed by atoms with Gasteiger partial charge < -0.3 is 0 Å². The van der Waals surface area contributed by atoms with Crippen LogP contribution in [0.15, 0.2) is 29.2 Å². The maximum Gasteiger partial charge on any atom is 0.279 e. The van der Waals surface area contributed by atoms with Crippen LogP contribution in [0.5, 0.6) is 0 Å². The van der Waals surface area contributed by atoms with E-state index in [-0.39, 0.29) is 6.04 Å². The van der Waals surface area contributed by atoms with E-state index in [9.17, 15) is 8.42 Å². The Morgan fingerprint density at radius 2 is 2.00 bits per heavy atom. The highest BCUT2D eigenvalue weighted by molar-refractivity contribution is 7.99. The van der Waals surface area contributed by atoms with E-state index in [4.69, 9.17) is 0 Å². The van der Waals surface area contributed by atoms with Gasteiger partial charge >= 0.3 is 0 Å². The number of nitrogens with zero attached hydrogens (tertiary/aromatic N) is 1. The molecule has 4 nitrogen and oxygen atoms in total. The summed E-state index contributed by atoms with van der Waals surface area (Å²) in [5.74, 6) is 0.947. The van der Waals surface area contributed by atoms with Crippen molar-refractivity contribution in [3.63, 3.8) is 0 Å². The summed E-state index contributed by atoms with van der Waals surface area (Å²) in [5, 5.41) is 0. The number of thioether (sulfide) groups is 1. The van der Waals surface area contributed by atoms with Crippen molar-refractivity contribution in [2.24, 2.45) is 0 Å². The van der Waals surface area contributed by atoms with Crippen LogP contribution in [0.3, 0.4) is 0 Å². The lowest BCUT2D eigenvalue weighted by Gasteiger charge is -2.28. The van der Waals surface area contributed by atoms with Crippen molar-refractivity contribution < 1.29 is 8.42 Å². The molecule has 0 unspecified atom stereocenters. The summed E-state index contributed by atoms with van der Waals surface area (Å²) in [6.45, 7) is 4.70. The van der Waals surface area contributed by atoms with E-state index in [2.05, 4.69) is 10.8 Å². The lowest BCUT2D eigenvalue weighted by atomic mass is 10.1. The van der Waals surface area contributed by atoms with Crippen LogP contribution in [0, 0.1) is 0 Å². The SMILES string of the molecule is CCN(CC)S(=O)(=O)N[C@H]1CCSc2ccccc21. The van der Waals surface area contributed by atoms with E-state index in [1.54, 1.807) is 11.8 Å². The molecule has 2 rings (SSSR count). The second-order valence-corrected chi connectivity index (χ2v) is 7.27.